The van der Waals surface area contributed by atoms with E-state index >= 15 is 0 Å². The number of morpholine rings is 1. The van der Waals surface area contributed by atoms with Crippen molar-refractivity contribution >= 4 is 17.0 Å². The SMILES string of the molecule is Cc1ccc(-c2nc(N3CCOCC3)nc3nc(C)ccc23)c(F)c1.Cn1cccn1. The largest absolute Gasteiger partial charge is 0.378 e. The third-order valence-corrected chi connectivity index (χ3v) is 5.00. The van der Waals surface area contributed by atoms with Crippen LogP contribution in [0.4, 0.5) is 10.3 Å². The fourth-order valence-electron chi connectivity index (χ4n) is 3.36. The van der Waals surface area contributed by atoms with E-state index < -0.39 is 0 Å². The summed E-state index contributed by atoms with van der Waals surface area (Å²) < 4.78 is 21.8. The molecule has 0 atom stereocenters. The van der Waals surface area contributed by atoms with Gasteiger partial charge >= 0.3 is 0 Å². The summed E-state index contributed by atoms with van der Waals surface area (Å²) in [5.74, 6) is 0.289. The third kappa shape index (κ3) is 4.86. The van der Waals surface area contributed by atoms with E-state index in [1.165, 1.54) is 6.07 Å². The Morgan fingerprint density at radius 2 is 1.81 bits per heavy atom. The Balaban J connectivity index is 0.000000334. The Hall–Kier alpha value is -3.39. The molecule has 0 spiro atoms. The second-order valence-corrected chi connectivity index (χ2v) is 7.46. The highest BCUT2D eigenvalue weighted by Gasteiger charge is 2.19. The maximum Gasteiger partial charge on any atom is 0.228 e. The molecule has 0 aliphatic carbocycles. The number of benzene rings is 1. The minimum Gasteiger partial charge on any atom is -0.378 e. The van der Waals surface area contributed by atoms with Crippen LogP contribution in [0.25, 0.3) is 22.3 Å². The van der Waals surface area contributed by atoms with Gasteiger partial charge in [-0.05, 0) is 49.7 Å². The molecular formula is C23H25FN6O. The van der Waals surface area contributed by atoms with Crippen molar-refractivity contribution in [1.82, 2.24) is 24.7 Å². The Kier molecular flexibility index (Phi) is 6.18. The topological polar surface area (TPSA) is 69.0 Å². The lowest BCUT2D eigenvalue weighted by Crippen LogP contribution is -2.37. The van der Waals surface area contributed by atoms with Gasteiger partial charge in [-0.1, -0.05) is 6.07 Å². The summed E-state index contributed by atoms with van der Waals surface area (Å²) in [4.78, 5) is 15.9. The van der Waals surface area contributed by atoms with E-state index in [4.69, 9.17) is 9.72 Å². The summed E-state index contributed by atoms with van der Waals surface area (Å²) in [6.07, 6.45) is 3.64. The zero-order valence-electron chi connectivity index (χ0n) is 17.9. The van der Waals surface area contributed by atoms with Crippen LogP contribution in [0.1, 0.15) is 11.3 Å². The summed E-state index contributed by atoms with van der Waals surface area (Å²) >= 11 is 0. The molecule has 31 heavy (non-hydrogen) atoms. The van der Waals surface area contributed by atoms with E-state index in [9.17, 15) is 4.39 Å². The molecule has 0 unspecified atom stereocenters. The summed E-state index contributed by atoms with van der Waals surface area (Å²) in [7, 11) is 1.89. The van der Waals surface area contributed by atoms with Crippen LogP contribution in [0.5, 0.6) is 0 Å². The highest BCUT2D eigenvalue weighted by molar-refractivity contribution is 5.91. The first-order valence-electron chi connectivity index (χ1n) is 10.2. The van der Waals surface area contributed by atoms with Crippen LogP contribution >= 0.6 is 0 Å². The number of nitrogens with zero attached hydrogens (tertiary/aromatic N) is 6. The number of pyridine rings is 1. The van der Waals surface area contributed by atoms with Gasteiger partial charge in [0.25, 0.3) is 0 Å². The molecule has 160 valence electrons. The number of ether oxygens (including phenoxy) is 1. The summed E-state index contributed by atoms with van der Waals surface area (Å²) in [5, 5.41) is 4.59. The molecule has 1 aliphatic rings. The molecule has 5 rings (SSSR count). The van der Waals surface area contributed by atoms with Gasteiger partial charge in [-0.2, -0.15) is 10.1 Å². The lowest BCUT2D eigenvalue weighted by molar-refractivity contribution is 0.122. The van der Waals surface area contributed by atoms with Crippen LogP contribution in [-0.2, 0) is 11.8 Å². The van der Waals surface area contributed by atoms with E-state index in [1.54, 1.807) is 16.9 Å². The lowest BCUT2D eigenvalue weighted by Gasteiger charge is -2.27. The maximum absolute atomic E-state index is 14.6. The highest BCUT2D eigenvalue weighted by atomic mass is 19.1. The molecule has 1 saturated heterocycles. The fourth-order valence-corrected chi connectivity index (χ4v) is 3.36. The number of hydrogen-bond donors (Lipinski definition) is 0. The molecule has 0 bridgehead atoms. The van der Waals surface area contributed by atoms with E-state index in [0.717, 1.165) is 16.6 Å². The van der Waals surface area contributed by atoms with Crippen molar-refractivity contribution in [3.8, 4) is 11.3 Å². The van der Waals surface area contributed by atoms with Gasteiger partial charge in [0.1, 0.15) is 5.82 Å². The second kappa shape index (κ2) is 9.18. The Bertz CT molecular complexity index is 1170. The van der Waals surface area contributed by atoms with Crippen LogP contribution in [0, 0.1) is 19.7 Å². The number of hydrogen-bond acceptors (Lipinski definition) is 6. The zero-order chi connectivity index (χ0) is 21.8. The Morgan fingerprint density at radius 3 is 2.45 bits per heavy atom. The van der Waals surface area contributed by atoms with Crippen molar-refractivity contribution < 1.29 is 9.13 Å². The van der Waals surface area contributed by atoms with E-state index in [2.05, 4.69) is 20.0 Å². The molecule has 4 heterocycles. The first-order chi connectivity index (χ1) is 15.0. The van der Waals surface area contributed by atoms with Gasteiger partial charge in [-0.3, -0.25) is 4.68 Å². The fraction of sp³-hybridized carbons (Fsp3) is 0.304. The summed E-state index contributed by atoms with van der Waals surface area (Å²) in [5.41, 5.74) is 3.39. The number of halogens is 1. The van der Waals surface area contributed by atoms with E-state index in [1.807, 2.05) is 51.4 Å². The first-order valence-corrected chi connectivity index (χ1v) is 10.2. The zero-order valence-corrected chi connectivity index (χ0v) is 17.9. The Labute approximate surface area is 180 Å². The maximum atomic E-state index is 14.6. The second-order valence-electron chi connectivity index (χ2n) is 7.46. The average molecular weight is 420 g/mol. The van der Waals surface area contributed by atoms with Gasteiger partial charge < -0.3 is 9.64 Å². The molecule has 4 aromatic rings. The molecule has 8 heteroatoms. The predicted octanol–water partition coefficient (Wildman–Crippen LogP) is 3.70. The molecule has 1 aliphatic heterocycles. The molecule has 1 fully saturated rings. The van der Waals surface area contributed by atoms with Gasteiger partial charge in [0.15, 0.2) is 5.65 Å². The van der Waals surface area contributed by atoms with Crippen LogP contribution in [0.15, 0.2) is 48.8 Å². The average Bonchev–Trinajstić information content (AvgIpc) is 3.25. The standard InChI is InChI=1S/C19H19FN4O.C4H6N2/c1-12-3-5-14(16(20)11-12)17-15-6-4-13(2)21-18(15)23-19(22-17)24-7-9-25-10-8-24;1-6-4-2-3-5-6/h3-6,11H,7-10H2,1-2H3;2-4H,1H3. The van der Waals surface area contributed by atoms with Crippen molar-refractivity contribution in [3.63, 3.8) is 0 Å². The van der Waals surface area contributed by atoms with Crippen molar-refractivity contribution in [2.24, 2.45) is 7.05 Å². The van der Waals surface area contributed by atoms with Crippen LogP contribution in [-0.4, -0.2) is 51.0 Å². The normalized spacial score (nSPS) is 13.7. The van der Waals surface area contributed by atoms with Crippen molar-refractivity contribution in [2.75, 3.05) is 31.2 Å². The molecule has 0 N–H and O–H groups in total. The smallest absolute Gasteiger partial charge is 0.228 e. The molecule has 0 saturated carbocycles. The van der Waals surface area contributed by atoms with Crippen molar-refractivity contribution in [3.05, 3.63) is 65.9 Å². The number of anilines is 1. The van der Waals surface area contributed by atoms with Crippen LogP contribution in [0.2, 0.25) is 0 Å². The third-order valence-electron chi connectivity index (χ3n) is 5.00. The van der Waals surface area contributed by atoms with Crippen LogP contribution in [0.3, 0.4) is 0 Å². The summed E-state index contributed by atoms with van der Waals surface area (Å²) in [6.45, 7) is 6.49. The van der Waals surface area contributed by atoms with Crippen molar-refractivity contribution in [2.45, 2.75) is 13.8 Å². The van der Waals surface area contributed by atoms with Gasteiger partial charge in [0, 0.05) is 49.2 Å². The molecule has 7 nitrogen and oxygen atoms in total. The summed E-state index contributed by atoms with van der Waals surface area (Å²) in [6, 6.07) is 10.9. The van der Waals surface area contributed by atoms with Crippen LogP contribution < -0.4 is 4.90 Å². The number of rotatable bonds is 2. The molecule has 0 amide bonds. The Morgan fingerprint density at radius 1 is 1.00 bits per heavy atom. The van der Waals surface area contributed by atoms with Gasteiger partial charge in [0.05, 0.1) is 18.9 Å². The van der Waals surface area contributed by atoms with Gasteiger partial charge in [-0.25, -0.2) is 14.4 Å². The van der Waals surface area contributed by atoms with Gasteiger partial charge in [0.2, 0.25) is 5.95 Å². The lowest BCUT2D eigenvalue weighted by atomic mass is 10.1. The predicted molar refractivity (Wildman–Crippen MR) is 118 cm³/mol. The van der Waals surface area contributed by atoms with Crippen molar-refractivity contribution in [1.29, 1.82) is 0 Å². The quantitative estimate of drug-likeness (QED) is 0.493. The monoisotopic (exact) mass is 420 g/mol. The van der Waals surface area contributed by atoms with E-state index in [-0.39, 0.29) is 5.82 Å². The molecule has 3 aromatic heterocycles. The molecular weight excluding hydrogens is 395 g/mol. The number of fused-ring (bicyclic) bond motifs is 1. The number of aryl methyl sites for hydroxylation is 3. The highest BCUT2D eigenvalue weighted by Crippen LogP contribution is 2.30. The minimum absolute atomic E-state index is 0.284. The van der Waals surface area contributed by atoms with E-state index in [0.29, 0.717) is 49.2 Å². The molecule has 1 aromatic carbocycles. The number of aromatic nitrogens is 5. The minimum atomic E-state index is -0.284. The van der Waals surface area contributed by atoms with Gasteiger partial charge in [-0.15, -0.1) is 0 Å². The first kappa shape index (κ1) is 20.9. The molecule has 0 radical (unpaired) electrons.